The molecule has 2 N–H and O–H groups in total. The summed E-state index contributed by atoms with van der Waals surface area (Å²) in [5.41, 5.74) is 3.26. The highest BCUT2D eigenvalue weighted by molar-refractivity contribution is 9.11. The van der Waals surface area contributed by atoms with Gasteiger partial charge in [0.1, 0.15) is 23.0 Å². The van der Waals surface area contributed by atoms with E-state index in [2.05, 4.69) is 47.1 Å². The highest BCUT2D eigenvalue weighted by atomic mass is 79.9. The van der Waals surface area contributed by atoms with Crippen molar-refractivity contribution in [3.63, 3.8) is 0 Å². The summed E-state index contributed by atoms with van der Waals surface area (Å²) in [5, 5.41) is 13.6. The standard InChI is InChI=1S/C21H13Br2F3N2O4/c22-17-8-12(9-18(23)19(17)29)11-27-28-20(30)13-2-1-3-16(10-13)31-14-4-6-15(7-5-14)32-21(24,25)26/h1-11,29H,(H,28,30)/b27-11+. The molecule has 6 nitrogen and oxygen atoms in total. The third-order valence-electron chi connectivity index (χ3n) is 3.81. The molecule has 1 amide bonds. The van der Waals surface area contributed by atoms with Gasteiger partial charge in [0.2, 0.25) is 0 Å². The molecule has 0 aliphatic heterocycles. The number of amides is 1. The van der Waals surface area contributed by atoms with E-state index in [0.717, 1.165) is 12.1 Å². The zero-order valence-electron chi connectivity index (χ0n) is 15.9. The van der Waals surface area contributed by atoms with E-state index in [4.69, 9.17) is 4.74 Å². The van der Waals surface area contributed by atoms with Crippen LogP contribution in [0.1, 0.15) is 15.9 Å². The number of hydrazone groups is 1. The number of carbonyl (C=O) groups is 1. The second kappa shape index (κ2) is 10.0. The maximum Gasteiger partial charge on any atom is 0.573 e. The Balaban J connectivity index is 1.63. The molecular weight excluding hydrogens is 561 g/mol. The maximum absolute atomic E-state index is 12.3. The number of ether oxygens (including phenoxy) is 2. The van der Waals surface area contributed by atoms with Gasteiger partial charge in [0.15, 0.2) is 0 Å². The molecule has 0 aliphatic rings. The molecule has 0 aromatic heterocycles. The van der Waals surface area contributed by atoms with Crippen LogP contribution in [0.4, 0.5) is 13.2 Å². The number of benzene rings is 3. The van der Waals surface area contributed by atoms with Gasteiger partial charge in [-0.05, 0) is 92.0 Å². The van der Waals surface area contributed by atoms with Crippen LogP contribution in [0.3, 0.4) is 0 Å². The Labute approximate surface area is 196 Å². The fraction of sp³-hybridized carbons (Fsp3) is 0.0476. The van der Waals surface area contributed by atoms with E-state index < -0.39 is 12.3 Å². The minimum Gasteiger partial charge on any atom is -0.506 e. The van der Waals surface area contributed by atoms with Crippen LogP contribution < -0.4 is 14.9 Å². The van der Waals surface area contributed by atoms with E-state index in [0.29, 0.717) is 20.3 Å². The van der Waals surface area contributed by atoms with Gasteiger partial charge < -0.3 is 14.6 Å². The largest absolute Gasteiger partial charge is 0.573 e. The van der Waals surface area contributed by atoms with Crippen LogP contribution in [-0.2, 0) is 0 Å². The summed E-state index contributed by atoms with van der Waals surface area (Å²) in [6.07, 6.45) is -3.38. The van der Waals surface area contributed by atoms with E-state index in [1.165, 1.54) is 24.4 Å². The van der Waals surface area contributed by atoms with E-state index in [-0.39, 0.29) is 22.8 Å². The van der Waals surface area contributed by atoms with Gasteiger partial charge in [-0.25, -0.2) is 5.43 Å². The summed E-state index contributed by atoms with van der Waals surface area (Å²) in [4.78, 5) is 12.3. The number of rotatable bonds is 6. The molecule has 11 heteroatoms. The van der Waals surface area contributed by atoms with Crippen molar-refractivity contribution < 1.29 is 32.5 Å². The first-order chi connectivity index (χ1) is 15.1. The summed E-state index contributed by atoms with van der Waals surface area (Å²) in [5.74, 6) is -0.261. The van der Waals surface area contributed by atoms with Crippen LogP contribution in [0, 0.1) is 0 Å². The van der Waals surface area contributed by atoms with Gasteiger partial charge in [-0.1, -0.05) is 6.07 Å². The minimum atomic E-state index is -4.78. The van der Waals surface area contributed by atoms with Crippen LogP contribution in [0.5, 0.6) is 23.0 Å². The molecule has 0 unspecified atom stereocenters. The highest BCUT2D eigenvalue weighted by Gasteiger charge is 2.31. The Morgan fingerprint density at radius 3 is 2.22 bits per heavy atom. The van der Waals surface area contributed by atoms with Gasteiger partial charge in [0.25, 0.3) is 5.91 Å². The second-order valence-corrected chi connectivity index (χ2v) is 7.89. The number of nitrogens with zero attached hydrogens (tertiary/aromatic N) is 1. The predicted molar refractivity (Wildman–Crippen MR) is 118 cm³/mol. The molecule has 0 bridgehead atoms. The van der Waals surface area contributed by atoms with Crippen molar-refractivity contribution in [1.29, 1.82) is 0 Å². The van der Waals surface area contributed by atoms with Crippen LogP contribution in [0.2, 0.25) is 0 Å². The second-order valence-electron chi connectivity index (χ2n) is 6.18. The smallest absolute Gasteiger partial charge is 0.506 e. The first-order valence-corrected chi connectivity index (χ1v) is 10.3. The first kappa shape index (κ1) is 23.6. The van der Waals surface area contributed by atoms with Crippen molar-refractivity contribution in [2.45, 2.75) is 6.36 Å². The van der Waals surface area contributed by atoms with E-state index in [9.17, 15) is 23.1 Å². The lowest BCUT2D eigenvalue weighted by Crippen LogP contribution is -2.17. The molecule has 166 valence electrons. The third-order valence-corrected chi connectivity index (χ3v) is 5.02. The Kier molecular flexibility index (Phi) is 7.41. The summed E-state index contributed by atoms with van der Waals surface area (Å²) < 4.78 is 47.0. The SMILES string of the molecule is O=C(N/N=C/c1cc(Br)c(O)c(Br)c1)c1cccc(Oc2ccc(OC(F)(F)F)cc2)c1. The summed E-state index contributed by atoms with van der Waals surface area (Å²) >= 11 is 6.41. The zero-order chi connectivity index (χ0) is 23.3. The molecule has 3 aromatic carbocycles. The van der Waals surface area contributed by atoms with Gasteiger partial charge >= 0.3 is 6.36 Å². The van der Waals surface area contributed by atoms with E-state index in [1.54, 1.807) is 30.3 Å². The number of phenolic OH excluding ortho intramolecular Hbond substituents is 1. The summed E-state index contributed by atoms with van der Waals surface area (Å²) in [7, 11) is 0. The molecule has 0 spiro atoms. The Morgan fingerprint density at radius 1 is 0.969 bits per heavy atom. The van der Waals surface area contributed by atoms with Crippen LogP contribution in [-0.4, -0.2) is 23.6 Å². The molecule has 0 radical (unpaired) electrons. The van der Waals surface area contributed by atoms with Gasteiger partial charge in [0.05, 0.1) is 15.2 Å². The normalized spacial score (nSPS) is 11.4. The lowest BCUT2D eigenvalue weighted by molar-refractivity contribution is -0.274. The Hall–Kier alpha value is -3.05. The topological polar surface area (TPSA) is 80.2 Å². The molecule has 0 saturated carbocycles. The molecule has 32 heavy (non-hydrogen) atoms. The highest BCUT2D eigenvalue weighted by Crippen LogP contribution is 2.33. The van der Waals surface area contributed by atoms with Crippen molar-refractivity contribution in [1.82, 2.24) is 5.43 Å². The molecule has 0 fully saturated rings. The van der Waals surface area contributed by atoms with Crippen LogP contribution >= 0.6 is 31.9 Å². The molecule has 3 aromatic rings. The predicted octanol–water partition coefficient (Wildman–Crippen LogP) is 6.37. The lowest BCUT2D eigenvalue weighted by Gasteiger charge is -2.10. The number of carbonyl (C=O) groups excluding carboxylic acids is 1. The molecule has 0 saturated heterocycles. The monoisotopic (exact) mass is 572 g/mol. The number of phenols is 1. The summed E-state index contributed by atoms with van der Waals surface area (Å²) in [6.45, 7) is 0. The minimum absolute atomic E-state index is 0.0468. The number of hydrogen-bond donors (Lipinski definition) is 2. The average molecular weight is 574 g/mol. The molecule has 0 aliphatic carbocycles. The Morgan fingerprint density at radius 2 is 1.59 bits per heavy atom. The quantitative estimate of drug-likeness (QED) is 0.265. The summed E-state index contributed by atoms with van der Waals surface area (Å²) in [6, 6.07) is 14.3. The number of halogens is 5. The fourth-order valence-corrected chi connectivity index (χ4v) is 3.66. The first-order valence-electron chi connectivity index (χ1n) is 8.76. The van der Waals surface area contributed by atoms with Crippen molar-refractivity contribution in [2.75, 3.05) is 0 Å². The lowest BCUT2D eigenvalue weighted by atomic mass is 10.2. The van der Waals surface area contributed by atoms with Gasteiger partial charge in [-0.3, -0.25) is 4.79 Å². The van der Waals surface area contributed by atoms with Crippen molar-refractivity contribution in [3.8, 4) is 23.0 Å². The van der Waals surface area contributed by atoms with Crippen molar-refractivity contribution in [2.24, 2.45) is 5.10 Å². The molecule has 3 rings (SSSR count). The number of nitrogens with one attached hydrogen (secondary N) is 1. The van der Waals surface area contributed by atoms with E-state index >= 15 is 0 Å². The van der Waals surface area contributed by atoms with Crippen LogP contribution in [0.25, 0.3) is 0 Å². The number of alkyl halides is 3. The van der Waals surface area contributed by atoms with Crippen LogP contribution in [0.15, 0.2) is 74.7 Å². The van der Waals surface area contributed by atoms with Gasteiger partial charge in [0, 0.05) is 5.56 Å². The van der Waals surface area contributed by atoms with Gasteiger partial charge in [-0.2, -0.15) is 5.10 Å². The molecule has 0 atom stereocenters. The van der Waals surface area contributed by atoms with E-state index in [1.807, 2.05) is 0 Å². The Bertz CT molecular complexity index is 1130. The molecule has 0 heterocycles. The maximum atomic E-state index is 12.3. The number of aromatic hydroxyl groups is 1. The van der Waals surface area contributed by atoms with Crippen molar-refractivity contribution in [3.05, 3.63) is 80.7 Å². The fourth-order valence-electron chi connectivity index (χ4n) is 2.44. The molecular formula is C21H13Br2F3N2O4. The third kappa shape index (κ3) is 6.72. The van der Waals surface area contributed by atoms with Crippen molar-refractivity contribution >= 4 is 44.0 Å². The van der Waals surface area contributed by atoms with Gasteiger partial charge in [-0.15, -0.1) is 13.2 Å². The zero-order valence-corrected chi connectivity index (χ0v) is 19.0. The average Bonchev–Trinajstić information content (AvgIpc) is 2.72. The number of hydrogen-bond acceptors (Lipinski definition) is 5.